The van der Waals surface area contributed by atoms with Crippen LogP contribution in [-0.2, 0) is 6.42 Å². The predicted molar refractivity (Wildman–Crippen MR) is 83.7 cm³/mol. The van der Waals surface area contributed by atoms with Gasteiger partial charge in [0.05, 0.1) is 4.92 Å². The second-order valence-corrected chi connectivity index (χ2v) is 4.53. The van der Waals surface area contributed by atoms with Crippen LogP contribution in [-0.4, -0.2) is 23.0 Å². The first-order valence-corrected chi connectivity index (χ1v) is 6.86. The highest BCUT2D eigenvalue weighted by Crippen LogP contribution is 2.32. The van der Waals surface area contributed by atoms with Crippen molar-refractivity contribution in [3.63, 3.8) is 0 Å². The number of anilines is 2. The molecule has 0 saturated carbocycles. The third-order valence-electron chi connectivity index (χ3n) is 3.04. The van der Waals surface area contributed by atoms with E-state index in [1.807, 2.05) is 19.1 Å². The minimum absolute atomic E-state index is 0.0885. The van der Waals surface area contributed by atoms with Crippen LogP contribution in [0.3, 0.4) is 0 Å². The van der Waals surface area contributed by atoms with E-state index in [1.165, 1.54) is 0 Å². The molecule has 0 spiro atoms. The van der Waals surface area contributed by atoms with Crippen LogP contribution in [0.2, 0.25) is 0 Å². The van der Waals surface area contributed by atoms with Crippen molar-refractivity contribution >= 4 is 17.1 Å². The molecule has 21 heavy (non-hydrogen) atoms. The Morgan fingerprint density at radius 3 is 2.57 bits per heavy atom. The normalized spacial score (nSPS) is 10.1. The van der Waals surface area contributed by atoms with E-state index < -0.39 is 0 Å². The average Bonchev–Trinajstić information content (AvgIpc) is 2.48. The lowest BCUT2D eigenvalue weighted by Crippen LogP contribution is -2.09. The van der Waals surface area contributed by atoms with Crippen LogP contribution in [0.1, 0.15) is 12.5 Å². The van der Waals surface area contributed by atoms with Crippen LogP contribution in [0, 0.1) is 10.1 Å². The summed E-state index contributed by atoms with van der Waals surface area (Å²) in [6, 6.07) is 9.11. The number of aromatic nitrogens is 1. The summed E-state index contributed by atoms with van der Waals surface area (Å²) >= 11 is 0. The standard InChI is InChI=1S/C15H18N4O2/c1-2-17-13-6-3-7-14(15(13)19(20)21)18-10-8-12-5-4-9-16-11-12/h3-7,9,11,17-18H,2,8,10H2,1H3. The maximum absolute atomic E-state index is 11.3. The highest BCUT2D eigenvalue weighted by atomic mass is 16.6. The number of para-hydroxylation sites is 1. The monoisotopic (exact) mass is 286 g/mol. The fourth-order valence-electron chi connectivity index (χ4n) is 2.10. The zero-order chi connectivity index (χ0) is 15.1. The van der Waals surface area contributed by atoms with Crippen molar-refractivity contribution in [2.45, 2.75) is 13.3 Å². The van der Waals surface area contributed by atoms with Gasteiger partial charge in [0.25, 0.3) is 0 Å². The molecule has 0 saturated heterocycles. The number of hydrogen-bond donors (Lipinski definition) is 2. The Balaban J connectivity index is 2.08. The van der Waals surface area contributed by atoms with Crippen molar-refractivity contribution in [1.29, 1.82) is 0 Å². The summed E-state index contributed by atoms with van der Waals surface area (Å²) in [4.78, 5) is 15.0. The van der Waals surface area contributed by atoms with Crippen LogP contribution >= 0.6 is 0 Å². The van der Waals surface area contributed by atoms with E-state index in [2.05, 4.69) is 15.6 Å². The van der Waals surface area contributed by atoms with Gasteiger partial charge < -0.3 is 10.6 Å². The molecule has 0 fully saturated rings. The third kappa shape index (κ3) is 3.92. The van der Waals surface area contributed by atoms with E-state index >= 15 is 0 Å². The number of benzene rings is 1. The molecule has 6 heteroatoms. The maximum Gasteiger partial charge on any atom is 0.315 e. The summed E-state index contributed by atoms with van der Waals surface area (Å²) in [6.07, 6.45) is 4.28. The van der Waals surface area contributed by atoms with Crippen LogP contribution in [0.4, 0.5) is 17.1 Å². The van der Waals surface area contributed by atoms with Gasteiger partial charge in [-0.25, -0.2) is 0 Å². The van der Waals surface area contributed by atoms with Gasteiger partial charge >= 0.3 is 5.69 Å². The second kappa shape index (κ2) is 7.23. The van der Waals surface area contributed by atoms with E-state index in [0.717, 1.165) is 12.0 Å². The van der Waals surface area contributed by atoms with E-state index in [-0.39, 0.29) is 10.6 Å². The minimum Gasteiger partial charge on any atom is -0.380 e. The van der Waals surface area contributed by atoms with Crippen LogP contribution in [0.25, 0.3) is 0 Å². The minimum atomic E-state index is -0.357. The predicted octanol–water partition coefficient (Wildman–Crippen LogP) is 3.08. The molecule has 0 unspecified atom stereocenters. The molecular weight excluding hydrogens is 268 g/mol. The molecule has 0 aliphatic heterocycles. The Hall–Kier alpha value is -2.63. The topological polar surface area (TPSA) is 80.1 Å². The Morgan fingerprint density at radius 2 is 1.95 bits per heavy atom. The Morgan fingerprint density at radius 1 is 1.19 bits per heavy atom. The van der Waals surface area contributed by atoms with Gasteiger partial charge in [-0.05, 0) is 37.1 Å². The quantitative estimate of drug-likeness (QED) is 0.604. The smallest absolute Gasteiger partial charge is 0.315 e. The van der Waals surface area contributed by atoms with Crippen molar-refractivity contribution in [3.05, 3.63) is 58.4 Å². The van der Waals surface area contributed by atoms with Crippen molar-refractivity contribution in [2.75, 3.05) is 23.7 Å². The zero-order valence-corrected chi connectivity index (χ0v) is 11.9. The van der Waals surface area contributed by atoms with Crippen LogP contribution in [0.15, 0.2) is 42.7 Å². The van der Waals surface area contributed by atoms with Crippen LogP contribution < -0.4 is 10.6 Å². The van der Waals surface area contributed by atoms with E-state index in [1.54, 1.807) is 30.6 Å². The lowest BCUT2D eigenvalue weighted by atomic mass is 10.2. The Labute approximate surface area is 123 Å². The molecule has 2 aromatic rings. The number of hydrogen-bond acceptors (Lipinski definition) is 5. The van der Waals surface area contributed by atoms with Gasteiger partial charge in [0, 0.05) is 25.5 Å². The molecule has 0 bridgehead atoms. The molecule has 6 nitrogen and oxygen atoms in total. The zero-order valence-electron chi connectivity index (χ0n) is 11.9. The third-order valence-corrected chi connectivity index (χ3v) is 3.04. The lowest BCUT2D eigenvalue weighted by molar-refractivity contribution is -0.383. The van der Waals surface area contributed by atoms with E-state index in [9.17, 15) is 10.1 Å². The summed E-state index contributed by atoms with van der Waals surface area (Å²) in [5.74, 6) is 0. The van der Waals surface area contributed by atoms with Gasteiger partial charge in [0.1, 0.15) is 11.4 Å². The first-order chi connectivity index (χ1) is 10.2. The summed E-state index contributed by atoms with van der Waals surface area (Å²) < 4.78 is 0. The number of nitro benzene ring substituents is 1. The second-order valence-electron chi connectivity index (χ2n) is 4.53. The van der Waals surface area contributed by atoms with Gasteiger partial charge in [-0.3, -0.25) is 15.1 Å². The molecule has 0 aliphatic carbocycles. The molecule has 2 rings (SSSR count). The van der Waals surface area contributed by atoms with Gasteiger partial charge in [-0.15, -0.1) is 0 Å². The summed E-state index contributed by atoms with van der Waals surface area (Å²) in [7, 11) is 0. The van der Waals surface area contributed by atoms with E-state index in [4.69, 9.17) is 0 Å². The molecule has 0 amide bonds. The SMILES string of the molecule is CCNc1cccc(NCCc2cccnc2)c1[N+](=O)[O-]. The highest BCUT2D eigenvalue weighted by Gasteiger charge is 2.18. The van der Waals surface area contributed by atoms with Crippen LogP contribution in [0.5, 0.6) is 0 Å². The first-order valence-electron chi connectivity index (χ1n) is 6.86. The Kier molecular flexibility index (Phi) is 5.09. The average molecular weight is 286 g/mol. The van der Waals surface area contributed by atoms with Crippen molar-refractivity contribution in [2.24, 2.45) is 0 Å². The van der Waals surface area contributed by atoms with Crippen molar-refractivity contribution in [3.8, 4) is 0 Å². The fraction of sp³-hybridized carbons (Fsp3) is 0.267. The van der Waals surface area contributed by atoms with Gasteiger partial charge in [-0.1, -0.05) is 12.1 Å². The summed E-state index contributed by atoms with van der Waals surface area (Å²) in [5, 5.41) is 17.4. The number of pyridine rings is 1. The number of nitrogens with one attached hydrogen (secondary N) is 2. The molecule has 110 valence electrons. The number of nitrogens with zero attached hydrogens (tertiary/aromatic N) is 2. The summed E-state index contributed by atoms with van der Waals surface area (Å²) in [5.41, 5.74) is 2.25. The molecule has 0 aliphatic rings. The largest absolute Gasteiger partial charge is 0.380 e. The molecule has 1 aromatic heterocycles. The van der Waals surface area contributed by atoms with Gasteiger partial charge in [0.15, 0.2) is 0 Å². The molecule has 1 heterocycles. The number of nitro groups is 1. The molecule has 1 aromatic carbocycles. The first kappa shape index (κ1) is 14.8. The fourth-order valence-corrected chi connectivity index (χ4v) is 2.10. The van der Waals surface area contributed by atoms with Crippen molar-refractivity contribution < 1.29 is 4.92 Å². The molecular formula is C15H18N4O2. The Bertz CT molecular complexity index is 602. The molecule has 2 N–H and O–H groups in total. The number of rotatable bonds is 7. The van der Waals surface area contributed by atoms with Gasteiger partial charge in [0.2, 0.25) is 0 Å². The van der Waals surface area contributed by atoms with Gasteiger partial charge in [-0.2, -0.15) is 0 Å². The lowest BCUT2D eigenvalue weighted by Gasteiger charge is -2.10. The maximum atomic E-state index is 11.3. The highest BCUT2D eigenvalue weighted by molar-refractivity contribution is 5.76. The summed E-state index contributed by atoms with van der Waals surface area (Å²) in [6.45, 7) is 3.16. The van der Waals surface area contributed by atoms with E-state index in [0.29, 0.717) is 24.5 Å². The van der Waals surface area contributed by atoms with Crippen molar-refractivity contribution in [1.82, 2.24) is 4.98 Å². The molecule has 0 radical (unpaired) electrons. The molecule has 0 atom stereocenters.